The van der Waals surface area contributed by atoms with Crippen LogP contribution in [-0.4, -0.2) is 0 Å². The van der Waals surface area contributed by atoms with Crippen LogP contribution in [0.25, 0.3) is 0 Å². The summed E-state index contributed by atoms with van der Waals surface area (Å²) in [5.41, 5.74) is 6.71. The van der Waals surface area contributed by atoms with E-state index in [2.05, 4.69) is 15.9 Å². The summed E-state index contributed by atoms with van der Waals surface area (Å²) in [6, 6.07) is 12.1. The summed E-state index contributed by atoms with van der Waals surface area (Å²) in [6.45, 7) is 0. The van der Waals surface area contributed by atoms with Crippen LogP contribution in [0.4, 0.5) is 5.69 Å². The Hall–Kier alpha value is -1.70. The van der Waals surface area contributed by atoms with Crippen LogP contribution in [0.1, 0.15) is 5.56 Å². The van der Waals surface area contributed by atoms with E-state index in [1.54, 1.807) is 30.3 Å². The molecule has 18 heavy (non-hydrogen) atoms. The number of nitriles is 1. The van der Waals surface area contributed by atoms with Gasteiger partial charge in [0.1, 0.15) is 17.6 Å². The lowest BCUT2D eigenvalue weighted by molar-refractivity contribution is 0.483. The van der Waals surface area contributed by atoms with Crippen LogP contribution >= 0.6 is 27.5 Å². The van der Waals surface area contributed by atoms with Crippen LogP contribution in [0.5, 0.6) is 11.5 Å². The van der Waals surface area contributed by atoms with Crippen molar-refractivity contribution in [2.75, 3.05) is 5.73 Å². The average molecular weight is 324 g/mol. The Morgan fingerprint density at radius 1 is 1.17 bits per heavy atom. The first kappa shape index (κ1) is 12.7. The molecule has 0 atom stereocenters. The van der Waals surface area contributed by atoms with Gasteiger partial charge in [0.15, 0.2) is 0 Å². The number of nitrogen functional groups attached to an aromatic ring is 1. The summed E-state index contributed by atoms with van der Waals surface area (Å²) < 4.78 is 6.47. The van der Waals surface area contributed by atoms with Crippen molar-refractivity contribution in [3.63, 3.8) is 0 Å². The first-order valence-corrected chi connectivity index (χ1v) is 6.20. The van der Waals surface area contributed by atoms with Crippen LogP contribution in [0.3, 0.4) is 0 Å². The van der Waals surface area contributed by atoms with Gasteiger partial charge in [-0.15, -0.1) is 0 Å². The molecule has 0 saturated carbocycles. The second-order valence-electron chi connectivity index (χ2n) is 3.54. The Balaban J connectivity index is 2.40. The highest BCUT2D eigenvalue weighted by Gasteiger charge is 2.08. The predicted molar refractivity (Wildman–Crippen MR) is 74.8 cm³/mol. The minimum absolute atomic E-state index is 0.388. The van der Waals surface area contributed by atoms with Gasteiger partial charge >= 0.3 is 0 Å². The van der Waals surface area contributed by atoms with Crippen molar-refractivity contribution in [2.24, 2.45) is 0 Å². The molecule has 0 spiro atoms. The van der Waals surface area contributed by atoms with E-state index in [4.69, 9.17) is 27.3 Å². The van der Waals surface area contributed by atoms with Crippen molar-refractivity contribution in [3.05, 3.63) is 51.5 Å². The number of anilines is 1. The molecule has 0 fully saturated rings. The Kier molecular flexibility index (Phi) is 3.75. The van der Waals surface area contributed by atoms with Gasteiger partial charge in [0.25, 0.3) is 0 Å². The zero-order chi connectivity index (χ0) is 13.1. The molecular weight excluding hydrogens is 316 g/mol. The van der Waals surface area contributed by atoms with Gasteiger partial charge in [0.2, 0.25) is 0 Å². The number of ether oxygens (including phenoxy) is 1. The Morgan fingerprint density at radius 3 is 2.61 bits per heavy atom. The maximum atomic E-state index is 8.99. The van der Waals surface area contributed by atoms with Crippen molar-refractivity contribution in [3.8, 4) is 17.6 Å². The molecule has 2 N–H and O–H groups in total. The molecule has 0 radical (unpaired) electrons. The Morgan fingerprint density at radius 2 is 1.94 bits per heavy atom. The summed E-state index contributed by atoms with van der Waals surface area (Å²) in [4.78, 5) is 0. The molecule has 0 aromatic heterocycles. The fourth-order valence-corrected chi connectivity index (χ4v) is 1.94. The highest BCUT2D eigenvalue weighted by atomic mass is 79.9. The number of nitrogens with zero attached hydrogens (tertiary/aromatic N) is 1. The van der Waals surface area contributed by atoms with E-state index < -0.39 is 0 Å². The highest BCUT2D eigenvalue weighted by molar-refractivity contribution is 9.10. The van der Waals surface area contributed by atoms with Crippen LogP contribution < -0.4 is 10.5 Å². The van der Waals surface area contributed by atoms with Gasteiger partial charge in [0, 0.05) is 15.6 Å². The maximum absolute atomic E-state index is 8.99. The van der Waals surface area contributed by atoms with Crippen molar-refractivity contribution < 1.29 is 4.74 Å². The number of hydrogen-bond acceptors (Lipinski definition) is 3. The third-order valence-corrected chi connectivity index (χ3v) is 2.98. The van der Waals surface area contributed by atoms with Crippen LogP contribution in [0.2, 0.25) is 5.02 Å². The van der Waals surface area contributed by atoms with Crippen molar-refractivity contribution >= 4 is 33.2 Å². The SMILES string of the molecule is N#Cc1ccc(Cl)cc1Oc1ccc(Br)cc1N. The minimum Gasteiger partial charge on any atom is -0.454 e. The lowest BCUT2D eigenvalue weighted by Crippen LogP contribution is -1.93. The molecule has 0 unspecified atom stereocenters. The number of benzene rings is 2. The first-order chi connectivity index (χ1) is 8.60. The molecule has 90 valence electrons. The van der Waals surface area contributed by atoms with Gasteiger partial charge in [-0.05, 0) is 30.3 Å². The minimum atomic E-state index is 0.388. The van der Waals surface area contributed by atoms with Gasteiger partial charge in [-0.3, -0.25) is 0 Å². The molecule has 2 rings (SSSR count). The van der Waals surface area contributed by atoms with E-state index in [0.29, 0.717) is 27.8 Å². The van der Waals surface area contributed by atoms with Gasteiger partial charge in [-0.1, -0.05) is 27.5 Å². The lowest BCUT2D eigenvalue weighted by atomic mass is 10.2. The van der Waals surface area contributed by atoms with Crippen LogP contribution in [-0.2, 0) is 0 Å². The molecule has 0 saturated heterocycles. The molecule has 3 nitrogen and oxygen atoms in total. The topological polar surface area (TPSA) is 59.0 Å². The van der Waals surface area contributed by atoms with E-state index >= 15 is 0 Å². The molecule has 0 bridgehead atoms. The molecule has 5 heteroatoms. The van der Waals surface area contributed by atoms with Crippen molar-refractivity contribution in [2.45, 2.75) is 0 Å². The first-order valence-electron chi connectivity index (χ1n) is 5.02. The second-order valence-corrected chi connectivity index (χ2v) is 4.89. The van der Waals surface area contributed by atoms with Gasteiger partial charge in [-0.2, -0.15) is 5.26 Å². The average Bonchev–Trinajstić information content (AvgIpc) is 2.33. The fraction of sp³-hybridized carbons (Fsp3) is 0. The van der Waals surface area contributed by atoms with E-state index in [1.165, 1.54) is 0 Å². The molecule has 0 aliphatic rings. The largest absolute Gasteiger partial charge is 0.454 e. The normalized spacial score (nSPS) is 9.83. The summed E-state index contributed by atoms with van der Waals surface area (Å²) in [5.74, 6) is 0.871. The van der Waals surface area contributed by atoms with Crippen molar-refractivity contribution in [1.29, 1.82) is 5.26 Å². The monoisotopic (exact) mass is 322 g/mol. The summed E-state index contributed by atoms with van der Waals surface area (Å²) in [6.07, 6.45) is 0. The summed E-state index contributed by atoms with van der Waals surface area (Å²) >= 11 is 9.19. The van der Waals surface area contributed by atoms with E-state index in [1.807, 2.05) is 12.1 Å². The zero-order valence-electron chi connectivity index (χ0n) is 9.15. The Labute approximate surface area is 118 Å². The fourth-order valence-electron chi connectivity index (χ4n) is 1.40. The number of halogens is 2. The maximum Gasteiger partial charge on any atom is 0.150 e. The van der Waals surface area contributed by atoms with Crippen LogP contribution in [0.15, 0.2) is 40.9 Å². The number of hydrogen-bond donors (Lipinski definition) is 1. The highest BCUT2D eigenvalue weighted by Crippen LogP contribution is 2.32. The van der Waals surface area contributed by atoms with E-state index in [-0.39, 0.29) is 0 Å². The molecule has 0 aliphatic heterocycles. The summed E-state index contributed by atoms with van der Waals surface area (Å²) in [7, 11) is 0. The van der Waals surface area contributed by atoms with Gasteiger partial charge in [0.05, 0.1) is 11.3 Å². The predicted octanol–water partition coefficient (Wildman–Crippen LogP) is 4.35. The van der Waals surface area contributed by atoms with E-state index in [0.717, 1.165) is 4.47 Å². The number of nitrogens with two attached hydrogens (primary N) is 1. The smallest absolute Gasteiger partial charge is 0.150 e. The zero-order valence-corrected chi connectivity index (χ0v) is 11.5. The molecule has 0 aliphatic carbocycles. The molecule has 2 aromatic carbocycles. The third-order valence-electron chi connectivity index (χ3n) is 2.26. The number of rotatable bonds is 2. The lowest BCUT2D eigenvalue weighted by Gasteiger charge is -2.10. The molecule has 2 aromatic rings. The van der Waals surface area contributed by atoms with Gasteiger partial charge in [-0.25, -0.2) is 0 Å². The second kappa shape index (κ2) is 5.30. The molecular formula is C13H8BrClN2O. The third kappa shape index (κ3) is 2.76. The molecule has 0 heterocycles. The van der Waals surface area contributed by atoms with Crippen molar-refractivity contribution in [1.82, 2.24) is 0 Å². The van der Waals surface area contributed by atoms with Gasteiger partial charge < -0.3 is 10.5 Å². The summed E-state index contributed by atoms with van der Waals surface area (Å²) in [5, 5.41) is 9.49. The van der Waals surface area contributed by atoms with Crippen LogP contribution in [0, 0.1) is 11.3 Å². The quantitative estimate of drug-likeness (QED) is 0.836. The standard InChI is InChI=1S/C13H8BrClN2O/c14-9-2-4-12(11(17)5-9)18-13-6-10(15)3-1-8(13)7-16/h1-6H,17H2. The van der Waals surface area contributed by atoms with E-state index in [9.17, 15) is 0 Å². The Bertz CT molecular complexity index is 637. The molecule has 0 amide bonds.